The van der Waals surface area contributed by atoms with Gasteiger partial charge < -0.3 is 14.8 Å². The van der Waals surface area contributed by atoms with Crippen molar-refractivity contribution in [1.82, 2.24) is 5.32 Å². The van der Waals surface area contributed by atoms with Crippen LogP contribution in [0.1, 0.15) is 45.4 Å². The summed E-state index contributed by atoms with van der Waals surface area (Å²) in [5.41, 5.74) is 1.60. The zero-order valence-electron chi connectivity index (χ0n) is 12.0. The molecule has 0 fully saturated rings. The smallest absolute Gasteiger partial charge is 0.0700 e. The van der Waals surface area contributed by atoms with E-state index in [-0.39, 0.29) is 0 Å². The quantitative estimate of drug-likeness (QED) is 0.507. The minimum Gasteiger partial charge on any atom is -0.382 e. The van der Waals surface area contributed by atoms with E-state index in [4.69, 9.17) is 9.47 Å². The molecule has 0 saturated heterocycles. The van der Waals surface area contributed by atoms with E-state index in [2.05, 4.69) is 18.3 Å². The molecule has 0 heterocycles. The lowest BCUT2D eigenvalue weighted by Gasteiger charge is -2.21. The molecule has 1 atom stereocenters. The molecule has 1 unspecified atom stereocenters. The van der Waals surface area contributed by atoms with Crippen molar-refractivity contribution in [1.29, 1.82) is 0 Å². The number of likely N-dealkylation sites (N-methyl/N-ethyl adjacent to an activating group) is 1. The fourth-order valence-electron chi connectivity index (χ4n) is 2.47. The van der Waals surface area contributed by atoms with E-state index >= 15 is 0 Å². The van der Waals surface area contributed by atoms with Crippen LogP contribution in [0.4, 0.5) is 0 Å². The fourth-order valence-corrected chi connectivity index (χ4v) is 2.47. The maximum Gasteiger partial charge on any atom is 0.0700 e. The Morgan fingerprint density at radius 2 is 2.11 bits per heavy atom. The molecule has 0 aromatic rings. The van der Waals surface area contributed by atoms with Gasteiger partial charge in [0.1, 0.15) is 0 Å². The molecular weight excluding hydrogens is 226 g/mol. The third-order valence-corrected chi connectivity index (χ3v) is 3.46. The van der Waals surface area contributed by atoms with Crippen molar-refractivity contribution in [2.45, 2.75) is 51.5 Å². The largest absolute Gasteiger partial charge is 0.382 e. The van der Waals surface area contributed by atoms with E-state index in [0.717, 1.165) is 19.6 Å². The highest BCUT2D eigenvalue weighted by Crippen LogP contribution is 2.21. The highest BCUT2D eigenvalue weighted by Gasteiger charge is 2.14. The van der Waals surface area contributed by atoms with Crippen molar-refractivity contribution in [2.24, 2.45) is 0 Å². The van der Waals surface area contributed by atoms with Crippen LogP contribution < -0.4 is 5.32 Å². The van der Waals surface area contributed by atoms with Crippen molar-refractivity contribution in [2.75, 3.05) is 33.5 Å². The van der Waals surface area contributed by atoms with Gasteiger partial charge in [-0.1, -0.05) is 25.0 Å². The summed E-state index contributed by atoms with van der Waals surface area (Å²) in [6.45, 7) is 5.41. The van der Waals surface area contributed by atoms with Crippen molar-refractivity contribution < 1.29 is 9.47 Å². The van der Waals surface area contributed by atoms with Gasteiger partial charge in [0.05, 0.1) is 13.2 Å². The maximum absolute atomic E-state index is 5.58. The van der Waals surface area contributed by atoms with Crippen LogP contribution in [-0.4, -0.2) is 39.5 Å². The van der Waals surface area contributed by atoms with Gasteiger partial charge in [-0.05, 0) is 38.6 Å². The molecule has 0 saturated carbocycles. The number of hydrogen-bond donors (Lipinski definition) is 1. The number of rotatable bonds is 9. The van der Waals surface area contributed by atoms with Crippen LogP contribution in [0.25, 0.3) is 0 Å². The number of hydrogen-bond acceptors (Lipinski definition) is 3. The minimum atomic E-state index is 0.510. The average molecular weight is 255 g/mol. The third kappa shape index (κ3) is 6.53. The first-order valence-electron chi connectivity index (χ1n) is 7.37. The minimum absolute atomic E-state index is 0.510. The van der Waals surface area contributed by atoms with Gasteiger partial charge in [0, 0.05) is 19.8 Å². The molecule has 0 aromatic heterocycles. The van der Waals surface area contributed by atoms with Gasteiger partial charge in [-0.15, -0.1) is 0 Å². The first-order chi connectivity index (χ1) is 8.88. The fraction of sp³-hybridized carbons (Fsp3) is 0.867. The third-order valence-electron chi connectivity index (χ3n) is 3.46. The van der Waals surface area contributed by atoms with E-state index in [9.17, 15) is 0 Å². The van der Waals surface area contributed by atoms with Crippen molar-refractivity contribution in [3.8, 4) is 0 Å². The SMILES string of the molecule is CCNC(CCOCCOC)C1=CCCCCC1. The molecule has 1 aliphatic rings. The number of methoxy groups -OCH3 is 1. The molecule has 0 spiro atoms. The van der Waals surface area contributed by atoms with Crippen LogP contribution in [0, 0.1) is 0 Å². The normalized spacial score (nSPS) is 18.2. The van der Waals surface area contributed by atoms with Crippen LogP contribution in [-0.2, 0) is 9.47 Å². The summed E-state index contributed by atoms with van der Waals surface area (Å²) >= 11 is 0. The summed E-state index contributed by atoms with van der Waals surface area (Å²) in [7, 11) is 1.71. The Bertz CT molecular complexity index is 229. The van der Waals surface area contributed by atoms with E-state index in [1.165, 1.54) is 32.1 Å². The molecule has 106 valence electrons. The molecular formula is C15H29NO2. The Morgan fingerprint density at radius 1 is 1.22 bits per heavy atom. The van der Waals surface area contributed by atoms with Crippen LogP contribution in [0.15, 0.2) is 11.6 Å². The van der Waals surface area contributed by atoms with Gasteiger partial charge in [-0.25, -0.2) is 0 Å². The summed E-state index contributed by atoms with van der Waals surface area (Å²) in [4.78, 5) is 0. The Labute approximate surface area is 112 Å². The first-order valence-corrected chi connectivity index (χ1v) is 7.37. The summed E-state index contributed by atoms with van der Waals surface area (Å²) in [5.74, 6) is 0. The zero-order valence-corrected chi connectivity index (χ0v) is 12.0. The standard InChI is InChI=1S/C15H29NO2/c1-3-16-15(10-11-18-13-12-17-2)14-8-6-4-5-7-9-14/h8,15-16H,3-7,9-13H2,1-2H3. The van der Waals surface area contributed by atoms with E-state index in [0.29, 0.717) is 19.3 Å². The zero-order chi connectivity index (χ0) is 13.1. The molecule has 3 heteroatoms. The van der Waals surface area contributed by atoms with Crippen molar-refractivity contribution in [3.05, 3.63) is 11.6 Å². The van der Waals surface area contributed by atoms with Crippen LogP contribution in [0.2, 0.25) is 0 Å². The van der Waals surface area contributed by atoms with Gasteiger partial charge in [0.2, 0.25) is 0 Å². The molecule has 0 aromatic carbocycles. The monoisotopic (exact) mass is 255 g/mol. The Balaban J connectivity index is 2.31. The average Bonchev–Trinajstić information content (AvgIpc) is 2.66. The summed E-state index contributed by atoms with van der Waals surface area (Å²) in [5, 5.41) is 3.59. The van der Waals surface area contributed by atoms with E-state index in [1.54, 1.807) is 12.7 Å². The topological polar surface area (TPSA) is 30.5 Å². The number of ether oxygens (including phenoxy) is 2. The van der Waals surface area contributed by atoms with Crippen LogP contribution in [0.3, 0.4) is 0 Å². The van der Waals surface area contributed by atoms with Crippen molar-refractivity contribution >= 4 is 0 Å². The lowest BCUT2D eigenvalue weighted by molar-refractivity contribution is 0.0670. The van der Waals surface area contributed by atoms with Crippen LogP contribution in [0.5, 0.6) is 0 Å². The highest BCUT2D eigenvalue weighted by atomic mass is 16.5. The highest BCUT2D eigenvalue weighted by molar-refractivity contribution is 5.12. The van der Waals surface area contributed by atoms with Gasteiger partial charge >= 0.3 is 0 Å². The second-order valence-electron chi connectivity index (χ2n) is 4.88. The molecule has 3 nitrogen and oxygen atoms in total. The second-order valence-corrected chi connectivity index (χ2v) is 4.88. The van der Waals surface area contributed by atoms with Gasteiger partial charge in [-0.3, -0.25) is 0 Å². The van der Waals surface area contributed by atoms with E-state index in [1.807, 2.05) is 0 Å². The predicted octanol–water partition coefficient (Wildman–Crippen LogP) is 2.91. The molecule has 0 aliphatic heterocycles. The first kappa shape index (κ1) is 15.7. The summed E-state index contributed by atoms with van der Waals surface area (Å²) < 4.78 is 10.6. The molecule has 18 heavy (non-hydrogen) atoms. The lowest BCUT2D eigenvalue weighted by Crippen LogP contribution is -2.32. The Morgan fingerprint density at radius 3 is 2.89 bits per heavy atom. The van der Waals surface area contributed by atoms with Gasteiger partial charge in [-0.2, -0.15) is 0 Å². The summed E-state index contributed by atoms with van der Waals surface area (Å²) in [6, 6.07) is 0.510. The lowest BCUT2D eigenvalue weighted by atomic mass is 9.99. The molecule has 0 bridgehead atoms. The van der Waals surface area contributed by atoms with Crippen LogP contribution >= 0.6 is 0 Å². The molecule has 0 radical (unpaired) electrons. The van der Waals surface area contributed by atoms with Gasteiger partial charge in [0.25, 0.3) is 0 Å². The van der Waals surface area contributed by atoms with Crippen molar-refractivity contribution in [3.63, 3.8) is 0 Å². The Hall–Kier alpha value is -0.380. The van der Waals surface area contributed by atoms with Gasteiger partial charge in [0.15, 0.2) is 0 Å². The Kier molecular flexibility index (Phi) is 9.17. The number of allylic oxidation sites excluding steroid dienone is 1. The molecule has 0 amide bonds. The predicted molar refractivity (Wildman–Crippen MR) is 75.9 cm³/mol. The summed E-state index contributed by atoms with van der Waals surface area (Å²) in [6.07, 6.45) is 10.1. The second kappa shape index (κ2) is 10.5. The number of nitrogens with one attached hydrogen (secondary N) is 1. The maximum atomic E-state index is 5.58. The molecule has 1 aliphatic carbocycles. The molecule has 1 N–H and O–H groups in total. The van der Waals surface area contributed by atoms with E-state index < -0.39 is 0 Å². The molecule has 1 rings (SSSR count).